The normalized spacial score (nSPS) is 17.5. The molecule has 1 rings (SSSR count). The molecule has 0 amide bonds. The molecular weight excluding hydrogens is 360 g/mol. The molecule has 0 heterocycles. The summed E-state index contributed by atoms with van der Waals surface area (Å²) in [4.78, 5) is 0.141. The van der Waals surface area contributed by atoms with Crippen molar-refractivity contribution < 1.29 is 17.9 Å². The number of alkyl halides is 2. The van der Waals surface area contributed by atoms with Gasteiger partial charge in [-0.3, -0.25) is 0 Å². The molecule has 1 aromatic rings. The average molecular weight is 373 g/mol. The smallest absolute Gasteiger partial charge is 0.175 e. The predicted molar refractivity (Wildman–Crippen MR) is 71.4 cm³/mol. The Hall–Kier alpha value is -0.250. The molecule has 17 heavy (non-hydrogen) atoms. The fraction of sp³-hybridized carbons (Fsp3) is 0.400. The van der Waals surface area contributed by atoms with Crippen LogP contribution >= 0.6 is 22.6 Å². The van der Waals surface area contributed by atoms with Crippen LogP contribution in [0.5, 0.6) is 0 Å². The Morgan fingerprint density at radius 2 is 1.94 bits per heavy atom. The van der Waals surface area contributed by atoms with Gasteiger partial charge in [0, 0.05) is 6.26 Å². The van der Waals surface area contributed by atoms with Gasteiger partial charge >= 0.3 is 0 Å². The van der Waals surface area contributed by atoms with E-state index < -0.39 is 26.2 Å². The molecule has 2 atom stereocenters. The van der Waals surface area contributed by atoms with Crippen molar-refractivity contribution in [3.63, 3.8) is 0 Å². The summed E-state index contributed by atoms with van der Waals surface area (Å²) in [6.45, 7) is -0.868. The first-order valence-electron chi connectivity index (χ1n) is 4.73. The first-order valence-corrected chi connectivity index (χ1v) is 7.70. The van der Waals surface area contributed by atoms with Crippen molar-refractivity contribution in [2.45, 2.75) is 14.5 Å². The van der Waals surface area contributed by atoms with Gasteiger partial charge in [0.25, 0.3) is 0 Å². The lowest BCUT2D eigenvalue weighted by atomic mass is 10.0. The highest BCUT2D eigenvalue weighted by atomic mass is 127. The van der Waals surface area contributed by atoms with Crippen molar-refractivity contribution in [2.75, 3.05) is 12.9 Å². The summed E-state index contributed by atoms with van der Waals surface area (Å²) in [6, 6.07) is 4.52. The van der Waals surface area contributed by atoms with E-state index in [0.717, 1.165) is 6.26 Å². The van der Waals surface area contributed by atoms with Crippen LogP contribution in [-0.4, -0.2) is 32.5 Å². The molecular formula is C10H13FINO3S. The van der Waals surface area contributed by atoms with Gasteiger partial charge in [0.15, 0.2) is 13.4 Å². The van der Waals surface area contributed by atoms with Crippen LogP contribution in [0, 0.1) is 0 Å². The Kier molecular flexibility index (Phi) is 4.50. The van der Waals surface area contributed by atoms with Crippen LogP contribution in [0.2, 0.25) is 0 Å². The van der Waals surface area contributed by atoms with E-state index in [0.29, 0.717) is 5.56 Å². The van der Waals surface area contributed by atoms with Crippen LogP contribution < -0.4 is 5.73 Å². The fourth-order valence-corrected chi connectivity index (χ4v) is 2.41. The number of sulfone groups is 1. The lowest BCUT2D eigenvalue weighted by Crippen LogP contribution is -2.42. The first kappa shape index (κ1) is 14.8. The average Bonchev–Trinajstić information content (AvgIpc) is 2.27. The molecule has 0 saturated heterocycles. The third-order valence-electron chi connectivity index (χ3n) is 2.34. The summed E-state index contributed by atoms with van der Waals surface area (Å²) in [5, 5.41) is 10.0. The van der Waals surface area contributed by atoms with Crippen LogP contribution in [0.4, 0.5) is 4.39 Å². The summed E-state index contributed by atoms with van der Waals surface area (Å²) in [5.74, 6) is 0. The fourth-order valence-electron chi connectivity index (χ4n) is 1.25. The van der Waals surface area contributed by atoms with Crippen LogP contribution in [0.15, 0.2) is 29.2 Å². The van der Waals surface area contributed by atoms with Crippen molar-refractivity contribution in [3.8, 4) is 0 Å². The molecule has 0 aliphatic carbocycles. The second kappa shape index (κ2) is 5.17. The molecule has 0 aliphatic heterocycles. The molecule has 0 spiro atoms. The van der Waals surface area contributed by atoms with Gasteiger partial charge in [-0.25, -0.2) is 12.8 Å². The van der Waals surface area contributed by atoms with Crippen molar-refractivity contribution in [2.24, 2.45) is 5.73 Å². The summed E-state index contributed by atoms with van der Waals surface area (Å²) >= 11 is 1.64. The predicted octanol–water partition coefficient (Wildman–Crippen LogP) is 0.967. The van der Waals surface area contributed by atoms with Crippen molar-refractivity contribution in [1.82, 2.24) is 0 Å². The maximum absolute atomic E-state index is 12.5. The van der Waals surface area contributed by atoms with Crippen molar-refractivity contribution in [1.29, 1.82) is 0 Å². The Bertz CT molecular complexity index is 487. The molecule has 96 valence electrons. The highest BCUT2D eigenvalue weighted by Crippen LogP contribution is 2.32. The lowest BCUT2D eigenvalue weighted by molar-refractivity contribution is 0.113. The number of rotatable bonds is 4. The van der Waals surface area contributed by atoms with Gasteiger partial charge in [0.1, 0.15) is 6.67 Å². The van der Waals surface area contributed by atoms with Gasteiger partial charge in [0.05, 0.1) is 10.9 Å². The molecule has 0 bridgehead atoms. The molecule has 0 fully saturated rings. The summed E-state index contributed by atoms with van der Waals surface area (Å²) < 4.78 is 33.4. The van der Waals surface area contributed by atoms with E-state index in [-0.39, 0.29) is 4.90 Å². The van der Waals surface area contributed by atoms with Gasteiger partial charge in [0.2, 0.25) is 0 Å². The maximum Gasteiger partial charge on any atom is 0.175 e. The standard InChI is InChI=1S/C10H13FINO3S/c1-17(15,16)8-4-2-7(3-5-8)10(12,14)9(13)6-11/h2-5,9,14H,6,13H2,1H3. The minimum atomic E-state index is -3.28. The molecule has 0 aromatic heterocycles. The largest absolute Gasteiger partial charge is 0.374 e. The van der Waals surface area contributed by atoms with Gasteiger partial charge in [-0.05, 0) is 40.3 Å². The highest BCUT2D eigenvalue weighted by Gasteiger charge is 2.33. The maximum atomic E-state index is 12.5. The van der Waals surface area contributed by atoms with E-state index in [1.165, 1.54) is 24.3 Å². The van der Waals surface area contributed by atoms with Crippen molar-refractivity contribution in [3.05, 3.63) is 29.8 Å². The third kappa shape index (κ3) is 3.36. The number of hydrogen-bond donors (Lipinski definition) is 2. The van der Waals surface area contributed by atoms with Crippen LogP contribution in [0.25, 0.3) is 0 Å². The minimum absolute atomic E-state index is 0.141. The van der Waals surface area contributed by atoms with Gasteiger partial charge in [-0.2, -0.15) is 0 Å². The quantitative estimate of drug-likeness (QED) is 0.609. The number of benzene rings is 1. The summed E-state index contributed by atoms with van der Waals surface area (Å²) in [6.07, 6.45) is 1.09. The lowest BCUT2D eigenvalue weighted by Gasteiger charge is -2.26. The third-order valence-corrected chi connectivity index (χ3v) is 4.90. The van der Waals surface area contributed by atoms with Crippen molar-refractivity contribution >= 4 is 32.4 Å². The van der Waals surface area contributed by atoms with E-state index in [4.69, 9.17) is 5.73 Å². The SMILES string of the molecule is CS(=O)(=O)c1ccc(C(O)(I)C(N)CF)cc1. The Morgan fingerprint density at radius 3 is 2.29 bits per heavy atom. The van der Waals surface area contributed by atoms with Crippen LogP contribution in [-0.2, 0) is 13.4 Å². The van der Waals surface area contributed by atoms with Gasteiger partial charge < -0.3 is 10.8 Å². The minimum Gasteiger partial charge on any atom is -0.374 e. The second-order valence-electron chi connectivity index (χ2n) is 3.73. The summed E-state index contributed by atoms with van der Waals surface area (Å²) in [7, 11) is -3.28. The zero-order chi connectivity index (χ0) is 13.3. The Labute approximate surface area is 113 Å². The zero-order valence-electron chi connectivity index (χ0n) is 9.10. The molecule has 4 nitrogen and oxygen atoms in total. The Morgan fingerprint density at radius 1 is 1.47 bits per heavy atom. The number of hydrogen-bond acceptors (Lipinski definition) is 4. The highest BCUT2D eigenvalue weighted by molar-refractivity contribution is 14.1. The van der Waals surface area contributed by atoms with E-state index >= 15 is 0 Å². The second-order valence-corrected chi connectivity index (χ2v) is 7.39. The molecule has 0 radical (unpaired) electrons. The monoisotopic (exact) mass is 373 g/mol. The molecule has 7 heteroatoms. The Balaban J connectivity index is 3.11. The van der Waals surface area contributed by atoms with Crippen LogP contribution in [0.1, 0.15) is 5.56 Å². The topological polar surface area (TPSA) is 80.4 Å². The zero-order valence-corrected chi connectivity index (χ0v) is 12.1. The molecule has 0 saturated carbocycles. The molecule has 0 aliphatic rings. The molecule has 3 N–H and O–H groups in total. The summed E-state index contributed by atoms with van der Waals surface area (Å²) in [5.41, 5.74) is 5.83. The van der Waals surface area contributed by atoms with Gasteiger partial charge in [-0.15, -0.1) is 0 Å². The van der Waals surface area contributed by atoms with Gasteiger partial charge in [-0.1, -0.05) is 12.1 Å². The number of aliphatic hydroxyl groups is 1. The van der Waals surface area contributed by atoms with E-state index in [1.54, 1.807) is 22.6 Å². The number of halogens is 2. The van der Waals surface area contributed by atoms with E-state index in [1.807, 2.05) is 0 Å². The van der Waals surface area contributed by atoms with Crippen LogP contribution in [0.3, 0.4) is 0 Å². The van der Waals surface area contributed by atoms with E-state index in [9.17, 15) is 17.9 Å². The number of nitrogens with two attached hydrogens (primary N) is 1. The van der Waals surface area contributed by atoms with E-state index in [2.05, 4.69) is 0 Å². The molecule has 1 aromatic carbocycles. The first-order chi connectivity index (χ1) is 7.69. The molecule has 2 unspecified atom stereocenters.